The van der Waals surface area contributed by atoms with Crippen LogP contribution in [0.15, 0.2) is 24.3 Å². The van der Waals surface area contributed by atoms with Crippen LogP contribution in [-0.4, -0.2) is 38.4 Å². The second-order valence-corrected chi connectivity index (χ2v) is 4.32. The van der Waals surface area contributed by atoms with Crippen molar-refractivity contribution in [1.29, 1.82) is 0 Å². The summed E-state index contributed by atoms with van der Waals surface area (Å²) in [7, 11) is 3.07. The maximum atomic E-state index is 11.7. The molecule has 6 heteroatoms. The number of rotatable bonds is 5. The lowest BCUT2D eigenvalue weighted by atomic mass is 9.94. The van der Waals surface area contributed by atoms with Crippen LogP contribution in [0.2, 0.25) is 0 Å². The summed E-state index contributed by atoms with van der Waals surface area (Å²) in [5.41, 5.74) is 1.29. The van der Waals surface area contributed by atoms with Gasteiger partial charge in [-0.25, -0.2) is 4.79 Å². The van der Waals surface area contributed by atoms with E-state index in [4.69, 9.17) is 0 Å². The summed E-state index contributed by atoms with van der Waals surface area (Å²) in [6.45, 7) is 1.69. The molecule has 108 valence electrons. The molecule has 1 unspecified atom stereocenters. The average molecular weight is 277 g/mol. The number of amides is 3. The Kier molecular flexibility index (Phi) is 5.71. The molecule has 0 aliphatic carbocycles. The number of hydrogen-bond donors (Lipinski definition) is 3. The van der Waals surface area contributed by atoms with Crippen molar-refractivity contribution < 1.29 is 14.4 Å². The first-order chi connectivity index (χ1) is 9.49. The van der Waals surface area contributed by atoms with Crippen molar-refractivity contribution in [2.24, 2.45) is 0 Å². The average Bonchev–Trinajstić information content (AvgIpc) is 2.46. The normalized spacial score (nSPS) is 11.3. The highest BCUT2D eigenvalue weighted by atomic mass is 16.2. The van der Waals surface area contributed by atoms with Crippen molar-refractivity contribution in [3.8, 4) is 0 Å². The monoisotopic (exact) mass is 277 g/mol. The van der Waals surface area contributed by atoms with Crippen LogP contribution in [0.25, 0.3) is 0 Å². The number of benzene rings is 1. The minimum atomic E-state index is -0.425. The molecule has 1 rings (SSSR count). The Hall–Kier alpha value is -2.37. The van der Waals surface area contributed by atoms with Crippen LogP contribution in [0.1, 0.15) is 28.8 Å². The third-order valence-electron chi connectivity index (χ3n) is 2.99. The molecule has 0 spiro atoms. The zero-order chi connectivity index (χ0) is 15.1. The molecule has 0 bridgehead atoms. The molecule has 3 amide bonds. The molecule has 0 fully saturated rings. The van der Waals surface area contributed by atoms with Crippen molar-refractivity contribution in [2.45, 2.75) is 12.8 Å². The van der Waals surface area contributed by atoms with E-state index in [0.717, 1.165) is 5.56 Å². The van der Waals surface area contributed by atoms with Gasteiger partial charge in [0, 0.05) is 26.2 Å². The Balaban J connectivity index is 2.84. The second kappa shape index (κ2) is 7.28. The van der Waals surface area contributed by atoms with E-state index in [2.05, 4.69) is 16.0 Å². The van der Waals surface area contributed by atoms with E-state index in [1.807, 2.05) is 0 Å². The summed E-state index contributed by atoms with van der Waals surface area (Å²) in [5, 5.41) is 7.57. The van der Waals surface area contributed by atoms with Gasteiger partial charge >= 0.3 is 6.03 Å². The van der Waals surface area contributed by atoms with E-state index < -0.39 is 5.92 Å². The fraction of sp³-hybridized carbons (Fsp3) is 0.357. The summed E-state index contributed by atoms with van der Waals surface area (Å²) in [5.74, 6) is -0.653. The van der Waals surface area contributed by atoms with Crippen molar-refractivity contribution in [3.63, 3.8) is 0 Å². The summed E-state index contributed by atoms with van der Waals surface area (Å²) < 4.78 is 0. The molecule has 1 aromatic carbocycles. The Morgan fingerprint density at radius 1 is 1.05 bits per heavy atom. The summed E-state index contributed by atoms with van der Waals surface area (Å²) in [6, 6.07) is 6.43. The van der Waals surface area contributed by atoms with E-state index in [1.54, 1.807) is 31.3 Å². The van der Waals surface area contributed by atoms with Crippen LogP contribution in [0.5, 0.6) is 0 Å². The maximum absolute atomic E-state index is 11.7. The zero-order valence-electron chi connectivity index (χ0n) is 11.8. The van der Waals surface area contributed by atoms with Gasteiger partial charge in [0.25, 0.3) is 5.91 Å². The zero-order valence-corrected chi connectivity index (χ0v) is 11.8. The number of hydrogen-bond acceptors (Lipinski definition) is 3. The van der Waals surface area contributed by atoms with Gasteiger partial charge in [-0.1, -0.05) is 12.1 Å². The number of carbonyl (C=O) groups is 3. The van der Waals surface area contributed by atoms with Gasteiger partial charge in [-0.2, -0.15) is 0 Å². The van der Waals surface area contributed by atoms with Crippen molar-refractivity contribution in [2.75, 3.05) is 20.6 Å². The number of carbonyl (C=O) groups excluding carboxylic acids is 3. The van der Waals surface area contributed by atoms with Gasteiger partial charge in [0.1, 0.15) is 5.78 Å². The maximum Gasteiger partial charge on any atom is 0.314 e. The summed E-state index contributed by atoms with van der Waals surface area (Å²) in [4.78, 5) is 34.3. The van der Waals surface area contributed by atoms with Crippen LogP contribution >= 0.6 is 0 Å². The Labute approximate surface area is 117 Å². The standard InChI is InChI=1S/C14H19N3O3/c1-9(18)12(8-17-14(20)16-3)10-4-6-11(7-5-10)13(19)15-2/h4-7,12H,8H2,1-3H3,(H,15,19)(H2,16,17,20). The van der Waals surface area contributed by atoms with Gasteiger partial charge in [0.05, 0.1) is 5.92 Å². The molecule has 20 heavy (non-hydrogen) atoms. The number of nitrogens with one attached hydrogen (secondary N) is 3. The third kappa shape index (κ3) is 4.08. The lowest BCUT2D eigenvalue weighted by Crippen LogP contribution is -2.37. The summed E-state index contributed by atoms with van der Waals surface area (Å²) in [6.07, 6.45) is 0. The number of ketones is 1. The predicted octanol–water partition coefficient (Wildman–Crippen LogP) is 0.648. The molecule has 0 heterocycles. The van der Waals surface area contributed by atoms with Crippen molar-refractivity contribution in [3.05, 3.63) is 35.4 Å². The Morgan fingerprint density at radius 2 is 1.65 bits per heavy atom. The summed E-state index contributed by atoms with van der Waals surface area (Å²) >= 11 is 0. The van der Waals surface area contributed by atoms with Gasteiger partial charge in [-0.15, -0.1) is 0 Å². The van der Waals surface area contributed by atoms with Crippen LogP contribution < -0.4 is 16.0 Å². The van der Waals surface area contributed by atoms with E-state index in [1.165, 1.54) is 14.0 Å². The fourth-order valence-electron chi connectivity index (χ4n) is 1.79. The SMILES string of the molecule is CNC(=O)NCC(C(C)=O)c1ccc(C(=O)NC)cc1. The molecule has 0 aromatic heterocycles. The van der Waals surface area contributed by atoms with Gasteiger partial charge in [-0.3, -0.25) is 9.59 Å². The molecule has 0 saturated carbocycles. The van der Waals surface area contributed by atoms with Crippen LogP contribution in [0.4, 0.5) is 4.79 Å². The lowest BCUT2D eigenvalue weighted by Gasteiger charge is -2.15. The van der Waals surface area contributed by atoms with Crippen LogP contribution in [0.3, 0.4) is 0 Å². The van der Waals surface area contributed by atoms with Gasteiger partial charge in [-0.05, 0) is 24.6 Å². The van der Waals surface area contributed by atoms with Crippen LogP contribution in [0, 0.1) is 0 Å². The van der Waals surface area contributed by atoms with Crippen LogP contribution in [-0.2, 0) is 4.79 Å². The topological polar surface area (TPSA) is 87.3 Å². The molecule has 1 atom stereocenters. The minimum absolute atomic E-state index is 0.0471. The lowest BCUT2D eigenvalue weighted by molar-refractivity contribution is -0.118. The van der Waals surface area contributed by atoms with Gasteiger partial charge < -0.3 is 16.0 Å². The molecule has 3 N–H and O–H groups in total. The molecule has 1 aromatic rings. The third-order valence-corrected chi connectivity index (χ3v) is 2.99. The van der Waals surface area contributed by atoms with Crippen molar-refractivity contribution >= 4 is 17.7 Å². The molecule has 0 aliphatic heterocycles. The fourth-order valence-corrected chi connectivity index (χ4v) is 1.79. The smallest absolute Gasteiger partial charge is 0.314 e. The quantitative estimate of drug-likeness (QED) is 0.738. The molecule has 0 radical (unpaired) electrons. The largest absolute Gasteiger partial charge is 0.355 e. The highest BCUT2D eigenvalue weighted by Crippen LogP contribution is 2.17. The van der Waals surface area contributed by atoms with E-state index in [-0.39, 0.29) is 24.3 Å². The van der Waals surface area contributed by atoms with E-state index >= 15 is 0 Å². The minimum Gasteiger partial charge on any atom is -0.355 e. The van der Waals surface area contributed by atoms with E-state index in [9.17, 15) is 14.4 Å². The van der Waals surface area contributed by atoms with Gasteiger partial charge in [0.15, 0.2) is 0 Å². The number of Topliss-reactive ketones (excluding diaryl/α,β-unsaturated/α-hetero) is 1. The predicted molar refractivity (Wildman–Crippen MR) is 75.7 cm³/mol. The first-order valence-electron chi connectivity index (χ1n) is 6.27. The first kappa shape index (κ1) is 15.7. The Morgan fingerprint density at radius 3 is 2.10 bits per heavy atom. The van der Waals surface area contributed by atoms with Crippen molar-refractivity contribution in [1.82, 2.24) is 16.0 Å². The first-order valence-corrected chi connectivity index (χ1v) is 6.27. The van der Waals surface area contributed by atoms with E-state index in [0.29, 0.717) is 5.56 Å². The highest BCUT2D eigenvalue weighted by Gasteiger charge is 2.18. The molecule has 6 nitrogen and oxygen atoms in total. The molecule has 0 saturated heterocycles. The molecule has 0 aliphatic rings. The Bertz CT molecular complexity index is 497. The molecular weight excluding hydrogens is 258 g/mol. The highest BCUT2D eigenvalue weighted by molar-refractivity contribution is 5.94. The second-order valence-electron chi connectivity index (χ2n) is 4.32. The van der Waals surface area contributed by atoms with Gasteiger partial charge in [0.2, 0.25) is 0 Å². The number of urea groups is 1. The molecular formula is C14H19N3O3.